The van der Waals surface area contributed by atoms with E-state index in [1.807, 2.05) is 25.1 Å². The number of halogens is 1. The number of pyridine rings is 1. The molecule has 0 spiro atoms. The predicted octanol–water partition coefficient (Wildman–Crippen LogP) is 2.25. The van der Waals surface area contributed by atoms with E-state index in [0.717, 1.165) is 5.56 Å². The number of hydrogen-bond donors (Lipinski definition) is 1. The normalized spacial score (nSPS) is 12.2. The third kappa shape index (κ3) is 4.10. The SMILES string of the molecule is CN(C)C(CNC(=O)c1ccccn1)c1cccc(F)c1. The number of carbonyl (C=O) groups excluding carboxylic acids is 1. The van der Waals surface area contributed by atoms with Gasteiger partial charge in [0.15, 0.2) is 0 Å². The van der Waals surface area contributed by atoms with E-state index >= 15 is 0 Å². The van der Waals surface area contributed by atoms with Crippen LogP contribution in [0.25, 0.3) is 0 Å². The fourth-order valence-electron chi connectivity index (χ4n) is 2.09. The number of likely N-dealkylation sites (N-methyl/N-ethyl adjacent to an activating group) is 1. The molecule has 1 unspecified atom stereocenters. The first-order valence-electron chi connectivity index (χ1n) is 6.69. The topological polar surface area (TPSA) is 45.2 Å². The summed E-state index contributed by atoms with van der Waals surface area (Å²) >= 11 is 0. The van der Waals surface area contributed by atoms with Gasteiger partial charge in [0.05, 0.1) is 6.04 Å². The van der Waals surface area contributed by atoms with Crippen LogP contribution in [0, 0.1) is 5.82 Å². The summed E-state index contributed by atoms with van der Waals surface area (Å²) in [7, 11) is 3.78. The first-order valence-corrected chi connectivity index (χ1v) is 6.69. The van der Waals surface area contributed by atoms with Crippen LogP contribution in [0.1, 0.15) is 22.1 Å². The summed E-state index contributed by atoms with van der Waals surface area (Å²) in [6.45, 7) is 0.381. The highest BCUT2D eigenvalue weighted by atomic mass is 19.1. The molecule has 0 aliphatic carbocycles. The van der Waals surface area contributed by atoms with Gasteiger partial charge in [0, 0.05) is 12.7 Å². The summed E-state index contributed by atoms with van der Waals surface area (Å²) in [5, 5.41) is 2.83. The van der Waals surface area contributed by atoms with Gasteiger partial charge in [-0.3, -0.25) is 9.78 Å². The van der Waals surface area contributed by atoms with E-state index in [0.29, 0.717) is 12.2 Å². The van der Waals surface area contributed by atoms with Crippen molar-refractivity contribution in [2.24, 2.45) is 0 Å². The van der Waals surface area contributed by atoms with Crippen LogP contribution in [0.5, 0.6) is 0 Å². The Bertz CT molecular complexity index is 601. The molecule has 1 aromatic carbocycles. The van der Waals surface area contributed by atoms with E-state index in [-0.39, 0.29) is 17.8 Å². The third-order valence-electron chi connectivity index (χ3n) is 3.21. The molecule has 0 fully saturated rings. The highest BCUT2D eigenvalue weighted by Crippen LogP contribution is 2.18. The van der Waals surface area contributed by atoms with Crippen LogP contribution in [-0.2, 0) is 0 Å². The molecule has 2 rings (SSSR count). The molecule has 1 heterocycles. The molecule has 1 atom stereocenters. The van der Waals surface area contributed by atoms with E-state index in [2.05, 4.69) is 10.3 Å². The summed E-state index contributed by atoms with van der Waals surface area (Å²) in [5.41, 5.74) is 1.19. The van der Waals surface area contributed by atoms with E-state index in [1.54, 1.807) is 30.5 Å². The van der Waals surface area contributed by atoms with Gasteiger partial charge in [0.1, 0.15) is 11.5 Å². The second-order valence-corrected chi connectivity index (χ2v) is 4.96. The molecule has 0 aliphatic rings. The number of aromatic nitrogens is 1. The molecule has 1 amide bonds. The zero-order valence-electron chi connectivity index (χ0n) is 12.1. The molecule has 4 nitrogen and oxygen atoms in total. The van der Waals surface area contributed by atoms with E-state index < -0.39 is 0 Å². The lowest BCUT2D eigenvalue weighted by molar-refractivity contribution is 0.0937. The molecule has 2 aromatic rings. The Kier molecular flexibility index (Phi) is 5.00. The molecular formula is C16H18FN3O. The molecule has 1 N–H and O–H groups in total. The Balaban J connectivity index is 2.06. The zero-order chi connectivity index (χ0) is 15.2. The van der Waals surface area contributed by atoms with E-state index in [4.69, 9.17) is 0 Å². The van der Waals surface area contributed by atoms with E-state index in [1.165, 1.54) is 12.1 Å². The molecule has 0 aliphatic heterocycles. The van der Waals surface area contributed by atoms with Crippen molar-refractivity contribution in [2.45, 2.75) is 6.04 Å². The van der Waals surface area contributed by atoms with Gasteiger partial charge in [0.25, 0.3) is 5.91 Å². The van der Waals surface area contributed by atoms with Crippen molar-refractivity contribution in [2.75, 3.05) is 20.6 Å². The maximum absolute atomic E-state index is 13.3. The van der Waals surface area contributed by atoms with Gasteiger partial charge in [-0.2, -0.15) is 0 Å². The van der Waals surface area contributed by atoms with Crippen molar-refractivity contribution >= 4 is 5.91 Å². The lowest BCUT2D eigenvalue weighted by Gasteiger charge is -2.25. The second-order valence-electron chi connectivity index (χ2n) is 4.96. The fourth-order valence-corrected chi connectivity index (χ4v) is 2.09. The maximum Gasteiger partial charge on any atom is 0.269 e. The summed E-state index contributed by atoms with van der Waals surface area (Å²) in [4.78, 5) is 17.9. The number of carbonyl (C=O) groups is 1. The van der Waals surface area contributed by atoms with Crippen LogP contribution < -0.4 is 5.32 Å². The number of hydrogen-bond acceptors (Lipinski definition) is 3. The first kappa shape index (κ1) is 15.1. The van der Waals surface area contributed by atoms with Gasteiger partial charge in [0.2, 0.25) is 0 Å². The van der Waals surface area contributed by atoms with Crippen molar-refractivity contribution in [3.05, 3.63) is 65.7 Å². The van der Waals surface area contributed by atoms with Crippen LogP contribution in [0.15, 0.2) is 48.7 Å². The quantitative estimate of drug-likeness (QED) is 0.917. The Hall–Kier alpha value is -2.27. The smallest absolute Gasteiger partial charge is 0.269 e. The summed E-state index contributed by atoms with van der Waals surface area (Å²) in [6.07, 6.45) is 1.57. The Morgan fingerprint density at radius 1 is 1.29 bits per heavy atom. The lowest BCUT2D eigenvalue weighted by Crippen LogP contribution is -2.34. The zero-order valence-corrected chi connectivity index (χ0v) is 12.1. The van der Waals surface area contributed by atoms with Crippen molar-refractivity contribution < 1.29 is 9.18 Å². The van der Waals surface area contributed by atoms with Gasteiger partial charge < -0.3 is 10.2 Å². The Morgan fingerprint density at radius 3 is 2.71 bits per heavy atom. The first-order chi connectivity index (χ1) is 10.1. The van der Waals surface area contributed by atoms with E-state index in [9.17, 15) is 9.18 Å². The highest BCUT2D eigenvalue weighted by molar-refractivity contribution is 5.92. The average molecular weight is 287 g/mol. The minimum atomic E-state index is -0.282. The number of benzene rings is 1. The van der Waals surface area contributed by atoms with Crippen LogP contribution in [0.2, 0.25) is 0 Å². The highest BCUT2D eigenvalue weighted by Gasteiger charge is 2.16. The Labute approximate surface area is 123 Å². The van der Waals surface area contributed by atoms with Crippen molar-refractivity contribution in [3.63, 3.8) is 0 Å². The van der Waals surface area contributed by atoms with Crippen molar-refractivity contribution in [1.29, 1.82) is 0 Å². The van der Waals surface area contributed by atoms with Gasteiger partial charge in [-0.15, -0.1) is 0 Å². The minimum absolute atomic E-state index is 0.103. The fraction of sp³-hybridized carbons (Fsp3) is 0.250. The maximum atomic E-state index is 13.3. The Morgan fingerprint density at radius 2 is 2.10 bits per heavy atom. The summed E-state index contributed by atoms with van der Waals surface area (Å²) in [6, 6.07) is 11.5. The molecule has 21 heavy (non-hydrogen) atoms. The van der Waals surface area contributed by atoms with Crippen LogP contribution in [0.3, 0.4) is 0 Å². The second kappa shape index (κ2) is 6.95. The molecule has 0 saturated carbocycles. The van der Waals surface area contributed by atoms with Crippen LogP contribution in [-0.4, -0.2) is 36.4 Å². The van der Waals surface area contributed by atoms with Gasteiger partial charge in [-0.05, 0) is 43.9 Å². The van der Waals surface area contributed by atoms with Crippen LogP contribution >= 0.6 is 0 Å². The average Bonchev–Trinajstić information content (AvgIpc) is 2.48. The van der Waals surface area contributed by atoms with Crippen molar-refractivity contribution in [1.82, 2.24) is 15.2 Å². The monoisotopic (exact) mass is 287 g/mol. The van der Waals surface area contributed by atoms with Crippen LogP contribution in [0.4, 0.5) is 4.39 Å². The summed E-state index contributed by atoms with van der Waals surface area (Å²) in [5.74, 6) is -0.519. The number of rotatable bonds is 5. The summed E-state index contributed by atoms with van der Waals surface area (Å²) < 4.78 is 13.3. The molecule has 1 aromatic heterocycles. The van der Waals surface area contributed by atoms with Gasteiger partial charge in [-0.25, -0.2) is 4.39 Å². The molecule has 5 heteroatoms. The third-order valence-corrected chi connectivity index (χ3v) is 3.21. The molecule has 0 radical (unpaired) electrons. The number of nitrogens with one attached hydrogen (secondary N) is 1. The standard InChI is InChI=1S/C16H18FN3O/c1-20(2)15(12-6-5-7-13(17)10-12)11-19-16(21)14-8-3-4-9-18-14/h3-10,15H,11H2,1-2H3,(H,19,21). The predicted molar refractivity (Wildman–Crippen MR) is 79.4 cm³/mol. The van der Waals surface area contributed by atoms with Gasteiger partial charge in [-0.1, -0.05) is 18.2 Å². The van der Waals surface area contributed by atoms with Gasteiger partial charge >= 0.3 is 0 Å². The molecule has 110 valence electrons. The molecule has 0 bridgehead atoms. The number of amides is 1. The molecular weight excluding hydrogens is 269 g/mol. The lowest BCUT2D eigenvalue weighted by atomic mass is 10.1. The minimum Gasteiger partial charge on any atom is -0.349 e. The molecule has 0 saturated heterocycles. The largest absolute Gasteiger partial charge is 0.349 e. The number of nitrogens with zero attached hydrogens (tertiary/aromatic N) is 2. The van der Waals surface area contributed by atoms with Crippen molar-refractivity contribution in [3.8, 4) is 0 Å².